The van der Waals surface area contributed by atoms with Gasteiger partial charge in [0, 0.05) is 17.1 Å². The van der Waals surface area contributed by atoms with Crippen LogP contribution in [0.4, 0.5) is 5.69 Å². The molecule has 0 aliphatic heterocycles. The maximum absolute atomic E-state index is 12.1. The molecule has 0 saturated carbocycles. The Balaban J connectivity index is 1.47. The van der Waals surface area contributed by atoms with E-state index in [9.17, 15) is 4.79 Å². The third-order valence-corrected chi connectivity index (χ3v) is 4.89. The zero-order valence-corrected chi connectivity index (χ0v) is 15.7. The molecule has 3 rings (SSSR count). The maximum Gasteiger partial charge on any atom is 0.224 e. The lowest BCUT2D eigenvalue weighted by Gasteiger charge is -2.09. The predicted molar refractivity (Wildman–Crippen MR) is 104 cm³/mol. The van der Waals surface area contributed by atoms with Gasteiger partial charge < -0.3 is 10.1 Å². The quantitative estimate of drug-likeness (QED) is 0.590. The van der Waals surface area contributed by atoms with Gasteiger partial charge in [-0.1, -0.05) is 11.6 Å². The van der Waals surface area contributed by atoms with E-state index in [4.69, 9.17) is 16.3 Å². The molecular formula is C19H19ClN2O2S. The topological polar surface area (TPSA) is 51.2 Å². The van der Waals surface area contributed by atoms with Gasteiger partial charge in [0.05, 0.1) is 21.8 Å². The van der Waals surface area contributed by atoms with E-state index < -0.39 is 0 Å². The highest BCUT2D eigenvalue weighted by Crippen LogP contribution is 2.25. The fraction of sp³-hybridized carbons (Fsp3) is 0.263. The maximum atomic E-state index is 12.1. The highest BCUT2D eigenvalue weighted by atomic mass is 35.5. The summed E-state index contributed by atoms with van der Waals surface area (Å²) >= 11 is 7.55. The van der Waals surface area contributed by atoms with Crippen molar-refractivity contribution in [2.24, 2.45) is 0 Å². The van der Waals surface area contributed by atoms with Crippen LogP contribution in [0, 0.1) is 13.8 Å². The number of aryl methyl sites for hydroxylation is 2. The molecule has 0 atom stereocenters. The summed E-state index contributed by atoms with van der Waals surface area (Å²) in [5.41, 5.74) is 2.76. The monoisotopic (exact) mass is 374 g/mol. The van der Waals surface area contributed by atoms with Gasteiger partial charge in [0.1, 0.15) is 5.75 Å². The summed E-state index contributed by atoms with van der Waals surface area (Å²) in [5, 5.41) is 4.64. The average molecular weight is 375 g/mol. The fourth-order valence-electron chi connectivity index (χ4n) is 2.53. The number of halogens is 1. The molecule has 0 spiro atoms. The van der Waals surface area contributed by atoms with E-state index in [-0.39, 0.29) is 5.91 Å². The van der Waals surface area contributed by atoms with Crippen LogP contribution in [-0.4, -0.2) is 17.5 Å². The molecule has 0 saturated heterocycles. The van der Waals surface area contributed by atoms with Crippen molar-refractivity contribution in [2.45, 2.75) is 26.7 Å². The summed E-state index contributed by atoms with van der Waals surface area (Å²) in [4.78, 5) is 16.5. The van der Waals surface area contributed by atoms with Crippen LogP contribution in [0.3, 0.4) is 0 Å². The number of ether oxygens (including phenoxy) is 1. The summed E-state index contributed by atoms with van der Waals surface area (Å²) < 4.78 is 6.79. The summed E-state index contributed by atoms with van der Waals surface area (Å²) in [5.74, 6) is 0.785. The molecule has 0 fully saturated rings. The summed E-state index contributed by atoms with van der Waals surface area (Å²) in [6, 6.07) is 11.3. The standard InChI is InChI=1S/C19H19ClN2O2S/c1-12-10-14(20)5-8-17(12)24-9-3-4-19(23)22-15-6-7-16-18(11-15)25-13(2)21-16/h5-8,10-11H,3-4,9H2,1-2H3,(H,22,23). The first-order valence-corrected chi connectivity index (χ1v) is 9.27. The molecule has 25 heavy (non-hydrogen) atoms. The van der Waals surface area contributed by atoms with Gasteiger partial charge in [-0.05, 0) is 62.2 Å². The van der Waals surface area contributed by atoms with Gasteiger partial charge >= 0.3 is 0 Å². The van der Waals surface area contributed by atoms with E-state index in [1.165, 1.54) is 0 Å². The number of carbonyl (C=O) groups is 1. The number of nitrogens with one attached hydrogen (secondary N) is 1. The summed E-state index contributed by atoms with van der Waals surface area (Å²) in [6.07, 6.45) is 1.06. The number of anilines is 1. The predicted octanol–water partition coefficient (Wildman–Crippen LogP) is 5.36. The number of hydrogen-bond acceptors (Lipinski definition) is 4. The first-order chi connectivity index (χ1) is 12.0. The highest BCUT2D eigenvalue weighted by Gasteiger charge is 2.06. The number of fused-ring (bicyclic) bond motifs is 1. The Morgan fingerprint density at radius 3 is 2.88 bits per heavy atom. The molecule has 0 aliphatic rings. The molecule has 1 N–H and O–H groups in total. The summed E-state index contributed by atoms with van der Waals surface area (Å²) in [6.45, 7) is 4.42. The van der Waals surface area contributed by atoms with Crippen LogP contribution < -0.4 is 10.1 Å². The van der Waals surface area contributed by atoms with Crippen LogP contribution in [0.15, 0.2) is 36.4 Å². The first-order valence-electron chi connectivity index (χ1n) is 8.07. The molecule has 4 nitrogen and oxygen atoms in total. The lowest BCUT2D eigenvalue weighted by Crippen LogP contribution is -2.12. The number of nitrogens with zero attached hydrogens (tertiary/aromatic N) is 1. The lowest BCUT2D eigenvalue weighted by atomic mass is 10.2. The van der Waals surface area contributed by atoms with Crippen LogP contribution in [0.1, 0.15) is 23.4 Å². The number of aromatic nitrogens is 1. The zero-order valence-electron chi connectivity index (χ0n) is 14.1. The zero-order chi connectivity index (χ0) is 17.8. The molecule has 0 aliphatic carbocycles. The third-order valence-electron chi connectivity index (χ3n) is 3.72. The Hall–Kier alpha value is -2.11. The minimum Gasteiger partial charge on any atom is -0.493 e. The second-order valence-electron chi connectivity index (χ2n) is 5.83. The second kappa shape index (κ2) is 7.85. The van der Waals surface area contributed by atoms with Gasteiger partial charge in [-0.25, -0.2) is 4.98 Å². The fourth-order valence-corrected chi connectivity index (χ4v) is 3.62. The number of thiazole rings is 1. The minimum absolute atomic E-state index is 0.0167. The van der Waals surface area contributed by atoms with Crippen molar-refractivity contribution in [3.8, 4) is 5.75 Å². The number of rotatable bonds is 6. The molecule has 1 heterocycles. The van der Waals surface area contributed by atoms with Crippen molar-refractivity contribution >= 4 is 44.7 Å². The van der Waals surface area contributed by atoms with Crippen LogP contribution in [0.5, 0.6) is 5.75 Å². The molecule has 3 aromatic rings. The molecule has 0 radical (unpaired) electrons. The molecule has 2 aromatic carbocycles. The van der Waals surface area contributed by atoms with Crippen molar-refractivity contribution in [3.05, 3.63) is 52.0 Å². The summed E-state index contributed by atoms with van der Waals surface area (Å²) in [7, 11) is 0. The Morgan fingerprint density at radius 1 is 1.24 bits per heavy atom. The van der Waals surface area contributed by atoms with Crippen molar-refractivity contribution in [1.29, 1.82) is 0 Å². The average Bonchev–Trinajstić information content (AvgIpc) is 2.92. The number of hydrogen-bond donors (Lipinski definition) is 1. The van der Waals surface area contributed by atoms with Crippen LogP contribution in [0.25, 0.3) is 10.2 Å². The Kier molecular flexibility index (Phi) is 5.56. The molecule has 0 unspecified atom stereocenters. The SMILES string of the molecule is Cc1nc2ccc(NC(=O)CCCOc3ccc(Cl)cc3C)cc2s1. The Labute approximate surface area is 155 Å². The van der Waals surface area contributed by atoms with Crippen LogP contribution in [-0.2, 0) is 4.79 Å². The van der Waals surface area contributed by atoms with E-state index in [1.807, 2.05) is 44.2 Å². The van der Waals surface area contributed by atoms with Gasteiger partial charge in [-0.3, -0.25) is 4.79 Å². The Morgan fingerprint density at radius 2 is 2.08 bits per heavy atom. The molecule has 130 valence electrons. The van der Waals surface area contributed by atoms with Gasteiger partial charge in [-0.2, -0.15) is 0 Å². The van der Waals surface area contributed by atoms with Gasteiger partial charge in [-0.15, -0.1) is 11.3 Å². The van der Waals surface area contributed by atoms with Crippen molar-refractivity contribution in [2.75, 3.05) is 11.9 Å². The van der Waals surface area contributed by atoms with Crippen LogP contribution in [0.2, 0.25) is 5.02 Å². The second-order valence-corrected chi connectivity index (χ2v) is 7.50. The van der Waals surface area contributed by atoms with Gasteiger partial charge in [0.15, 0.2) is 0 Å². The Bertz CT molecular complexity index is 908. The van der Waals surface area contributed by atoms with Crippen molar-refractivity contribution in [1.82, 2.24) is 4.98 Å². The van der Waals surface area contributed by atoms with Gasteiger partial charge in [0.25, 0.3) is 0 Å². The number of carbonyl (C=O) groups excluding carboxylic acids is 1. The van der Waals surface area contributed by atoms with E-state index >= 15 is 0 Å². The largest absolute Gasteiger partial charge is 0.493 e. The first kappa shape index (κ1) is 17.7. The van der Waals surface area contributed by atoms with E-state index in [0.717, 1.165) is 32.2 Å². The normalized spacial score (nSPS) is 10.8. The molecule has 0 bridgehead atoms. The van der Waals surface area contributed by atoms with Gasteiger partial charge in [0.2, 0.25) is 5.91 Å². The van der Waals surface area contributed by atoms with Crippen molar-refractivity contribution in [3.63, 3.8) is 0 Å². The molecule has 1 amide bonds. The smallest absolute Gasteiger partial charge is 0.224 e. The molecule has 6 heteroatoms. The van der Waals surface area contributed by atoms with E-state index in [0.29, 0.717) is 24.5 Å². The number of amides is 1. The van der Waals surface area contributed by atoms with E-state index in [2.05, 4.69) is 10.3 Å². The minimum atomic E-state index is -0.0167. The molecule has 1 aromatic heterocycles. The van der Waals surface area contributed by atoms with Crippen molar-refractivity contribution < 1.29 is 9.53 Å². The highest BCUT2D eigenvalue weighted by molar-refractivity contribution is 7.18. The third kappa shape index (κ3) is 4.71. The molecular weight excluding hydrogens is 356 g/mol. The van der Waals surface area contributed by atoms with Crippen LogP contribution >= 0.6 is 22.9 Å². The lowest BCUT2D eigenvalue weighted by molar-refractivity contribution is -0.116. The van der Waals surface area contributed by atoms with E-state index in [1.54, 1.807) is 17.4 Å². The number of benzene rings is 2.